The molecule has 1 aliphatic heterocycles. The van der Waals surface area contributed by atoms with E-state index in [0.29, 0.717) is 12.1 Å². The molecule has 7 nitrogen and oxygen atoms in total. The highest BCUT2D eigenvalue weighted by atomic mass is 16.2. The van der Waals surface area contributed by atoms with Gasteiger partial charge in [-0.05, 0) is 36.7 Å². The van der Waals surface area contributed by atoms with Crippen LogP contribution in [-0.4, -0.2) is 47.3 Å². The second kappa shape index (κ2) is 9.75. The van der Waals surface area contributed by atoms with Gasteiger partial charge in [0.1, 0.15) is 12.1 Å². The van der Waals surface area contributed by atoms with Crippen molar-refractivity contribution in [3.8, 4) is 0 Å². The van der Waals surface area contributed by atoms with Crippen molar-refractivity contribution in [2.75, 3.05) is 19.6 Å². The second-order valence-corrected chi connectivity index (χ2v) is 7.82. The van der Waals surface area contributed by atoms with Crippen LogP contribution in [0, 0.1) is 0 Å². The zero-order valence-corrected chi connectivity index (χ0v) is 18.4. The molecule has 0 aromatic heterocycles. The van der Waals surface area contributed by atoms with E-state index in [0.717, 1.165) is 35.7 Å². The van der Waals surface area contributed by atoms with E-state index < -0.39 is 17.5 Å². The van der Waals surface area contributed by atoms with Crippen molar-refractivity contribution >= 4 is 17.8 Å². The van der Waals surface area contributed by atoms with Crippen LogP contribution in [0.2, 0.25) is 0 Å². The van der Waals surface area contributed by atoms with E-state index in [4.69, 9.17) is 0 Å². The van der Waals surface area contributed by atoms with E-state index in [1.54, 1.807) is 19.1 Å². The Morgan fingerprint density at radius 1 is 1.00 bits per heavy atom. The molecular formula is C24H30N4O3. The molecule has 1 aliphatic rings. The molecule has 1 fully saturated rings. The second-order valence-electron chi connectivity index (χ2n) is 7.82. The maximum Gasteiger partial charge on any atom is 0.325 e. The third-order valence-electron chi connectivity index (χ3n) is 5.81. The molecule has 4 amide bonds. The van der Waals surface area contributed by atoms with E-state index in [9.17, 15) is 14.4 Å². The number of hydrogen-bond acceptors (Lipinski definition) is 4. The minimum atomic E-state index is -1.17. The summed E-state index contributed by atoms with van der Waals surface area (Å²) in [5.74, 6) is -0.806. The lowest BCUT2D eigenvalue weighted by atomic mass is 9.92. The summed E-state index contributed by atoms with van der Waals surface area (Å²) in [6.45, 7) is 8.63. The van der Waals surface area contributed by atoms with Crippen molar-refractivity contribution in [3.63, 3.8) is 0 Å². The predicted octanol–water partition coefficient (Wildman–Crippen LogP) is 2.61. The molecule has 1 saturated heterocycles. The number of nitrogens with zero attached hydrogens (tertiary/aromatic N) is 2. The summed E-state index contributed by atoms with van der Waals surface area (Å²) in [6, 6.07) is 16.4. The van der Waals surface area contributed by atoms with Crippen molar-refractivity contribution < 1.29 is 14.4 Å². The molecule has 164 valence electrons. The number of urea groups is 1. The van der Waals surface area contributed by atoms with Crippen molar-refractivity contribution in [2.24, 2.45) is 0 Å². The summed E-state index contributed by atoms with van der Waals surface area (Å²) in [5.41, 5.74) is 1.68. The van der Waals surface area contributed by atoms with E-state index >= 15 is 0 Å². The molecule has 2 aromatic carbocycles. The minimum Gasteiger partial charge on any atom is -0.350 e. The first-order chi connectivity index (χ1) is 14.9. The van der Waals surface area contributed by atoms with Gasteiger partial charge in [-0.15, -0.1) is 0 Å². The van der Waals surface area contributed by atoms with Gasteiger partial charge in [0, 0.05) is 13.1 Å². The quantitative estimate of drug-likeness (QED) is 0.609. The summed E-state index contributed by atoms with van der Waals surface area (Å²) < 4.78 is 0. The first-order valence-electron chi connectivity index (χ1n) is 10.6. The maximum atomic E-state index is 12.9. The first kappa shape index (κ1) is 22.5. The van der Waals surface area contributed by atoms with Gasteiger partial charge in [-0.25, -0.2) is 4.79 Å². The lowest BCUT2D eigenvalue weighted by Gasteiger charge is -2.22. The van der Waals surface area contributed by atoms with Crippen molar-refractivity contribution in [2.45, 2.75) is 39.4 Å². The number of benzene rings is 2. The number of nitrogens with one attached hydrogen (secondary N) is 2. The molecule has 7 heteroatoms. The Kier molecular flexibility index (Phi) is 7.07. The fraction of sp³-hybridized carbons (Fsp3) is 0.375. The van der Waals surface area contributed by atoms with Crippen LogP contribution in [-0.2, 0) is 28.2 Å². The predicted molar refractivity (Wildman–Crippen MR) is 119 cm³/mol. The highest BCUT2D eigenvalue weighted by molar-refractivity contribution is 6.09. The van der Waals surface area contributed by atoms with Gasteiger partial charge in [-0.3, -0.25) is 19.4 Å². The molecule has 2 aromatic rings. The summed E-state index contributed by atoms with van der Waals surface area (Å²) >= 11 is 0. The summed E-state index contributed by atoms with van der Waals surface area (Å²) in [7, 11) is 0. The molecule has 31 heavy (non-hydrogen) atoms. The van der Waals surface area contributed by atoms with Crippen LogP contribution in [0.4, 0.5) is 4.79 Å². The zero-order valence-electron chi connectivity index (χ0n) is 18.4. The van der Waals surface area contributed by atoms with Crippen LogP contribution in [0.3, 0.4) is 0 Å². The average molecular weight is 423 g/mol. The molecule has 3 rings (SSSR count). The van der Waals surface area contributed by atoms with Gasteiger partial charge in [0.25, 0.3) is 5.91 Å². The van der Waals surface area contributed by atoms with Gasteiger partial charge in [0.2, 0.25) is 5.91 Å². The Bertz CT molecular complexity index is 943. The van der Waals surface area contributed by atoms with Crippen molar-refractivity contribution in [1.29, 1.82) is 0 Å². The van der Waals surface area contributed by atoms with Crippen LogP contribution in [0.1, 0.15) is 37.5 Å². The first-order valence-corrected chi connectivity index (χ1v) is 10.6. The van der Waals surface area contributed by atoms with Gasteiger partial charge in [-0.1, -0.05) is 68.4 Å². The molecule has 0 radical (unpaired) electrons. The number of rotatable bonds is 9. The van der Waals surface area contributed by atoms with Gasteiger partial charge in [0.15, 0.2) is 0 Å². The van der Waals surface area contributed by atoms with Crippen LogP contribution in [0.15, 0.2) is 54.6 Å². The highest BCUT2D eigenvalue weighted by Gasteiger charge is 2.49. The molecular weight excluding hydrogens is 392 g/mol. The normalized spacial score (nSPS) is 18.4. The van der Waals surface area contributed by atoms with E-state index in [-0.39, 0.29) is 12.5 Å². The van der Waals surface area contributed by atoms with E-state index in [1.807, 2.05) is 36.4 Å². The largest absolute Gasteiger partial charge is 0.350 e. The summed E-state index contributed by atoms with van der Waals surface area (Å²) in [6.07, 6.45) is 0. The van der Waals surface area contributed by atoms with Crippen LogP contribution < -0.4 is 10.6 Å². The van der Waals surface area contributed by atoms with Crippen LogP contribution >= 0.6 is 0 Å². The summed E-state index contributed by atoms with van der Waals surface area (Å²) in [5, 5.41) is 5.57. The standard InChI is InChI=1S/C24H30N4O3/c1-4-27(5-2)16-19-12-10-9-11-18(19)15-25-21(29)17-28-22(30)24(3,26-23(28)31)20-13-7-6-8-14-20/h6-14H,4-5,15-17H2,1-3H3,(H,25,29)(H,26,31). The van der Waals surface area contributed by atoms with Crippen LogP contribution in [0.5, 0.6) is 0 Å². The molecule has 0 saturated carbocycles. The van der Waals surface area contributed by atoms with E-state index in [1.165, 1.54) is 0 Å². The van der Waals surface area contributed by atoms with Crippen molar-refractivity contribution in [3.05, 3.63) is 71.3 Å². The smallest absolute Gasteiger partial charge is 0.325 e. The Balaban J connectivity index is 1.63. The number of carbonyl (C=O) groups is 3. The Morgan fingerprint density at radius 3 is 2.26 bits per heavy atom. The lowest BCUT2D eigenvalue weighted by Crippen LogP contribution is -2.43. The molecule has 1 heterocycles. The molecule has 0 bridgehead atoms. The lowest BCUT2D eigenvalue weighted by molar-refractivity contribution is -0.134. The molecule has 1 unspecified atom stereocenters. The topological polar surface area (TPSA) is 81.8 Å². The van der Waals surface area contributed by atoms with E-state index in [2.05, 4.69) is 35.4 Å². The monoisotopic (exact) mass is 422 g/mol. The van der Waals surface area contributed by atoms with Gasteiger partial charge in [-0.2, -0.15) is 0 Å². The molecule has 0 aliphatic carbocycles. The third kappa shape index (κ3) is 4.94. The Labute approximate surface area is 183 Å². The fourth-order valence-electron chi connectivity index (χ4n) is 3.77. The van der Waals surface area contributed by atoms with Crippen LogP contribution in [0.25, 0.3) is 0 Å². The fourth-order valence-corrected chi connectivity index (χ4v) is 3.77. The third-order valence-corrected chi connectivity index (χ3v) is 5.81. The number of imide groups is 1. The van der Waals surface area contributed by atoms with Gasteiger partial charge in [0.05, 0.1) is 0 Å². The zero-order chi connectivity index (χ0) is 22.4. The van der Waals surface area contributed by atoms with Gasteiger partial charge >= 0.3 is 6.03 Å². The SMILES string of the molecule is CCN(CC)Cc1ccccc1CNC(=O)CN1C(=O)NC(C)(c2ccccc2)C1=O. The molecule has 0 spiro atoms. The average Bonchev–Trinajstić information content (AvgIpc) is 3.01. The molecule has 1 atom stereocenters. The number of hydrogen-bond donors (Lipinski definition) is 2. The van der Waals surface area contributed by atoms with Gasteiger partial charge < -0.3 is 10.6 Å². The summed E-state index contributed by atoms with van der Waals surface area (Å²) in [4.78, 5) is 41.2. The Morgan fingerprint density at radius 2 is 1.61 bits per heavy atom. The minimum absolute atomic E-state index is 0.314. The number of carbonyl (C=O) groups excluding carboxylic acids is 3. The van der Waals surface area contributed by atoms with Crippen molar-refractivity contribution in [1.82, 2.24) is 20.4 Å². The maximum absolute atomic E-state index is 12.9. The highest BCUT2D eigenvalue weighted by Crippen LogP contribution is 2.28. The number of amides is 4. The Hall–Kier alpha value is -3.19. The molecule has 2 N–H and O–H groups in total.